The zero-order valence-electron chi connectivity index (χ0n) is 10.0. The molecule has 0 saturated heterocycles. The van der Waals surface area contributed by atoms with Crippen LogP contribution in [0.2, 0.25) is 0 Å². The molecule has 2 aromatic heterocycles. The molecule has 0 radical (unpaired) electrons. The Hall–Kier alpha value is -2.15. The van der Waals surface area contributed by atoms with Crippen molar-refractivity contribution in [2.45, 2.75) is 6.92 Å². The van der Waals surface area contributed by atoms with Crippen LogP contribution in [0.25, 0.3) is 16.9 Å². The molecule has 0 amide bonds. The number of aromatic nitrogens is 4. The summed E-state index contributed by atoms with van der Waals surface area (Å²) in [6.45, 7) is 1.70. The number of rotatable bonds is 1. The molecule has 0 unspecified atom stereocenters. The van der Waals surface area contributed by atoms with E-state index in [9.17, 15) is 4.79 Å². The fourth-order valence-electron chi connectivity index (χ4n) is 1.97. The lowest BCUT2D eigenvalue weighted by Crippen LogP contribution is -2.13. The zero-order valence-corrected chi connectivity index (χ0v) is 11.6. The second-order valence-corrected chi connectivity index (χ2v) is 5.02. The molecule has 2 heterocycles. The Labute approximate surface area is 116 Å². The van der Waals surface area contributed by atoms with Gasteiger partial charge in [-0.25, -0.2) is 4.98 Å². The number of hydrogen-bond acceptors (Lipinski definition) is 4. The second-order valence-electron chi connectivity index (χ2n) is 4.11. The van der Waals surface area contributed by atoms with E-state index in [2.05, 4.69) is 30.9 Å². The minimum atomic E-state index is -0.255. The van der Waals surface area contributed by atoms with E-state index >= 15 is 0 Å². The van der Waals surface area contributed by atoms with E-state index in [1.54, 1.807) is 11.5 Å². The number of H-pyrrole nitrogens is 1. The summed E-state index contributed by atoms with van der Waals surface area (Å²) >= 11 is 3.36. The van der Waals surface area contributed by atoms with E-state index in [1.165, 1.54) is 0 Å². The molecule has 7 heteroatoms. The Morgan fingerprint density at radius 1 is 1.26 bits per heavy atom. The van der Waals surface area contributed by atoms with Gasteiger partial charge in [0.1, 0.15) is 5.82 Å². The fourth-order valence-corrected chi connectivity index (χ4v) is 2.23. The van der Waals surface area contributed by atoms with Crippen LogP contribution in [-0.4, -0.2) is 19.5 Å². The summed E-state index contributed by atoms with van der Waals surface area (Å²) in [5.41, 5.74) is 7.10. The second kappa shape index (κ2) is 4.20. The molecule has 0 aliphatic heterocycles. The van der Waals surface area contributed by atoms with Gasteiger partial charge in [-0.1, -0.05) is 15.9 Å². The van der Waals surface area contributed by atoms with Crippen LogP contribution >= 0.6 is 15.9 Å². The molecule has 96 valence electrons. The van der Waals surface area contributed by atoms with Gasteiger partial charge in [0.25, 0.3) is 5.56 Å². The number of aromatic amines is 1. The number of nitrogen functional groups attached to an aromatic ring is 1. The van der Waals surface area contributed by atoms with E-state index in [-0.39, 0.29) is 11.5 Å². The van der Waals surface area contributed by atoms with Crippen molar-refractivity contribution in [1.82, 2.24) is 19.5 Å². The van der Waals surface area contributed by atoms with Gasteiger partial charge in [0.15, 0.2) is 11.2 Å². The van der Waals surface area contributed by atoms with Gasteiger partial charge in [0, 0.05) is 10.2 Å². The number of benzene rings is 1. The molecule has 19 heavy (non-hydrogen) atoms. The number of aryl methyl sites for hydroxylation is 1. The molecule has 3 N–H and O–H groups in total. The van der Waals surface area contributed by atoms with E-state index in [4.69, 9.17) is 5.73 Å². The summed E-state index contributed by atoms with van der Waals surface area (Å²) in [6, 6.07) is 7.44. The smallest absolute Gasteiger partial charge is 0.277 e. The minimum Gasteiger partial charge on any atom is -0.369 e. The summed E-state index contributed by atoms with van der Waals surface area (Å²) < 4.78 is 2.54. The zero-order chi connectivity index (χ0) is 13.6. The molecule has 0 bridgehead atoms. The van der Waals surface area contributed by atoms with Crippen molar-refractivity contribution in [3.05, 3.63) is 44.9 Å². The van der Waals surface area contributed by atoms with Gasteiger partial charge in [-0.2, -0.15) is 4.98 Å². The first-order valence-corrected chi connectivity index (χ1v) is 6.36. The van der Waals surface area contributed by atoms with Crippen LogP contribution in [0.3, 0.4) is 0 Å². The van der Waals surface area contributed by atoms with Crippen molar-refractivity contribution < 1.29 is 0 Å². The number of halogens is 1. The number of nitrogens with two attached hydrogens (primary N) is 1. The maximum atomic E-state index is 12.1. The van der Waals surface area contributed by atoms with Crippen LogP contribution in [0.5, 0.6) is 0 Å². The van der Waals surface area contributed by atoms with Crippen LogP contribution in [-0.2, 0) is 0 Å². The molecule has 0 spiro atoms. The summed E-state index contributed by atoms with van der Waals surface area (Å²) in [5.74, 6) is 0.749. The van der Waals surface area contributed by atoms with Crippen LogP contribution < -0.4 is 11.3 Å². The molecule has 0 saturated carbocycles. The maximum absolute atomic E-state index is 12.1. The highest BCUT2D eigenvalue weighted by Crippen LogP contribution is 2.21. The molecule has 0 fully saturated rings. The SMILES string of the molecule is Cc1nc2nc(N)n(-c3ccc(Br)cc3)c2c(=O)[nH]1. The molecular weight excluding hydrogens is 310 g/mol. The van der Waals surface area contributed by atoms with Crippen molar-refractivity contribution >= 4 is 33.0 Å². The van der Waals surface area contributed by atoms with Crippen molar-refractivity contribution in [1.29, 1.82) is 0 Å². The lowest BCUT2D eigenvalue weighted by Gasteiger charge is -2.05. The molecule has 1 aromatic carbocycles. The Morgan fingerprint density at radius 3 is 2.63 bits per heavy atom. The van der Waals surface area contributed by atoms with E-state index in [0.29, 0.717) is 17.0 Å². The Bertz CT molecular complexity index is 818. The van der Waals surface area contributed by atoms with Gasteiger partial charge in [-0.15, -0.1) is 0 Å². The van der Waals surface area contributed by atoms with Crippen LogP contribution in [0.15, 0.2) is 33.5 Å². The topological polar surface area (TPSA) is 89.6 Å². The van der Waals surface area contributed by atoms with Crippen molar-refractivity contribution in [3.8, 4) is 5.69 Å². The van der Waals surface area contributed by atoms with Crippen LogP contribution in [0.4, 0.5) is 5.95 Å². The Morgan fingerprint density at radius 2 is 1.95 bits per heavy atom. The number of fused-ring (bicyclic) bond motifs is 1. The van der Waals surface area contributed by atoms with Crippen molar-refractivity contribution in [2.75, 3.05) is 5.73 Å². The molecule has 3 rings (SSSR count). The van der Waals surface area contributed by atoms with Crippen molar-refractivity contribution in [3.63, 3.8) is 0 Å². The van der Waals surface area contributed by atoms with Crippen LogP contribution in [0.1, 0.15) is 5.82 Å². The highest BCUT2D eigenvalue weighted by atomic mass is 79.9. The first kappa shape index (κ1) is 11.9. The minimum absolute atomic E-state index is 0.237. The molecule has 0 aliphatic carbocycles. The molecule has 0 atom stereocenters. The average molecular weight is 320 g/mol. The van der Waals surface area contributed by atoms with Gasteiger partial charge in [0.05, 0.1) is 0 Å². The third-order valence-corrected chi connectivity index (χ3v) is 3.28. The monoisotopic (exact) mass is 319 g/mol. The average Bonchev–Trinajstić information content (AvgIpc) is 2.66. The number of nitrogens with one attached hydrogen (secondary N) is 1. The fraction of sp³-hybridized carbons (Fsp3) is 0.0833. The predicted molar refractivity (Wildman–Crippen MR) is 76.3 cm³/mol. The lowest BCUT2D eigenvalue weighted by molar-refractivity contribution is 1.03. The number of hydrogen-bond donors (Lipinski definition) is 2. The first-order valence-electron chi connectivity index (χ1n) is 5.57. The first-order chi connectivity index (χ1) is 9.06. The van der Waals surface area contributed by atoms with E-state index in [1.807, 2.05) is 24.3 Å². The summed E-state index contributed by atoms with van der Waals surface area (Å²) in [6.07, 6.45) is 0. The third-order valence-electron chi connectivity index (χ3n) is 2.75. The van der Waals surface area contributed by atoms with Gasteiger partial charge in [-0.3, -0.25) is 9.36 Å². The van der Waals surface area contributed by atoms with E-state index in [0.717, 1.165) is 10.2 Å². The third kappa shape index (κ3) is 1.91. The van der Waals surface area contributed by atoms with Crippen molar-refractivity contribution in [2.24, 2.45) is 0 Å². The quantitative estimate of drug-likeness (QED) is 0.715. The normalized spacial score (nSPS) is 11.1. The highest BCUT2D eigenvalue weighted by molar-refractivity contribution is 9.10. The van der Waals surface area contributed by atoms with Crippen LogP contribution in [0, 0.1) is 6.92 Å². The molecule has 6 nitrogen and oxygen atoms in total. The largest absolute Gasteiger partial charge is 0.369 e. The Kier molecular flexibility index (Phi) is 2.63. The van der Waals surface area contributed by atoms with Gasteiger partial charge < -0.3 is 10.7 Å². The number of nitrogens with zero attached hydrogens (tertiary/aromatic N) is 3. The predicted octanol–water partition coefficient (Wildman–Crippen LogP) is 1.76. The van der Waals surface area contributed by atoms with Gasteiger partial charge in [0.2, 0.25) is 5.95 Å². The molecule has 0 aliphatic rings. The molecule has 3 aromatic rings. The summed E-state index contributed by atoms with van der Waals surface area (Å²) in [7, 11) is 0. The maximum Gasteiger partial charge on any atom is 0.277 e. The number of imidazole rings is 1. The highest BCUT2D eigenvalue weighted by Gasteiger charge is 2.14. The lowest BCUT2D eigenvalue weighted by atomic mass is 10.3. The van der Waals surface area contributed by atoms with Gasteiger partial charge >= 0.3 is 0 Å². The van der Waals surface area contributed by atoms with Gasteiger partial charge in [-0.05, 0) is 31.2 Å². The summed E-state index contributed by atoms with van der Waals surface area (Å²) in [4.78, 5) is 23.0. The summed E-state index contributed by atoms with van der Waals surface area (Å²) in [5, 5.41) is 0. The Balaban J connectivity index is 2.38. The number of anilines is 1. The molecular formula is C12H10BrN5O. The standard InChI is InChI=1S/C12H10BrN5O/c1-6-15-10-9(11(19)16-6)18(12(14)17-10)8-4-2-7(13)3-5-8/h2-5H,1H3,(H3,14,15,16,17,19). The van der Waals surface area contributed by atoms with E-state index < -0.39 is 0 Å².